The van der Waals surface area contributed by atoms with Crippen molar-refractivity contribution in [3.8, 4) is 0 Å². The molecule has 1 fully saturated rings. The lowest BCUT2D eigenvalue weighted by atomic mass is 9.81. The van der Waals surface area contributed by atoms with Crippen LogP contribution in [-0.4, -0.2) is 12.5 Å². The van der Waals surface area contributed by atoms with Gasteiger partial charge in [0.25, 0.3) is 0 Å². The predicted molar refractivity (Wildman–Crippen MR) is 74.5 cm³/mol. The fraction of sp³-hybridized carbons (Fsp3) is 0.500. The van der Waals surface area contributed by atoms with E-state index in [1.54, 1.807) is 6.07 Å². The van der Waals surface area contributed by atoms with Crippen LogP contribution in [0.2, 0.25) is 5.02 Å². The van der Waals surface area contributed by atoms with Gasteiger partial charge in [-0.25, -0.2) is 4.39 Å². The highest BCUT2D eigenvalue weighted by atomic mass is 35.5. The number of benzene rings is 1. The van der Waals surface area contributed by atoms with E-state index in [9.17, 15) is 9.18 Å². The Morgan fingerprint density at radius 3 is 2.63 bits per heavy atom. The molecule has 0 aliphatic heterocycles. The van der Waals surface area contributed by atoms with Crippen LogP contribution in [0.4, 0.5) is 10.1 Å². The average molecular weight is 285 g/mol. The third-order valence-electron chi connectivity index (χ3n) is 3.74. The molecule has 2 rings (SSSR count). The minimum atomic E-state index is -0.503. The van der Waals surface area contributed by atoms with Gasteiger partial charge in [0.05, 0.1) is 5.69 Å². The Morgan fingerprint density at radius 1 is 1.37 bits per heavy atom. The fourth-order valence-electron chi connectivity index (χ4n) is 2.49. The summed E-state index contributed by atoms with van der Waals surface area (Å²) < 4.78 is 13.6. The van der Waals surface area contributed by atoms with Gasteiger partial charge < -0.3 is 11.1 Å². The first-order valence-electron chi connectivity index (χ1n) is 6.56. The summed E-state index contributed by atoms with van der Waals surface area (Å²) >= 11 is 5.67. The maximum absolute atomic E-state index is 13.6. The number of hydrogen-bond acceptors (Lipinski definition) is 2. The molecule has 0 bridgehead atoms. The highest BCUT2D eigenvalue weighted by Crippen LogP contribution is 2.29. The fourth-order valence-corrected chi connectivity index (χ4v) is 2.64. The van der Waals surface area contributed by atoms with Crippen molar-refractivity contribution in [2.75, 3.05) is 11.9 Å². The van der Waals surface area contributed by atoms with Crippen molar-refractivity contribution < 1.29 is 9.18 Å². The standard InChI is InChI=1S/C14H18ClFN2O/c15-11-5-6-13(12(16)7-11)18-14(19)10-3-1-9(8-17)2-4-10/h5-7,9-10H,1-4,8,17H2,(H,18,19). The number of anilines is 1. The second-order valence-electron chi connectivity index (χ2n) is 5.07. The van der Waals surface area contributed by atoms with E-state index in [0.29, 0.717) is 17.5 Å². The topological polar surface area (TPSA) is 55.1 Å². The molecule has 1 aliphatic rings. The number of hydrogen-bond donors (Lipinski definition) is 2. The summed E-state index contributed by atoms with van der Waals surface area (Å²) in [6.07, 6.45) is 3.58. The summed E-state index contributed by atoms with van der Waals surface area (Å²) in [5, 5.41) is 2.95. The third-order valence-corrected chi connectivity index (χ3v) is 3.97. The zero-order valence-corrected chi connectivity index (χ0v) is 11.4. The minimum Gasteiger partial charge on any atom is -0.330 e. The Bertz CT molecular complexity index is 459. The van der Waals surface area contributed by atoms with Crippen LogP contribution in [0.1, 0.15) is 25.7 Å². The molecule has 0 radical (unpaired) electrons. The van der Waals surface area contributed by atoms with Gasteiger partial charge in [0.1, 0.15) is 5.82 Å². The second kappa shape index (κ2) is 6.35. The molecule has 0 unspecified atom stereocenters. The predicted octanol–water partition coefficient (Wildman–Crippen LogP) is 3.18. The van der Waals surface area contributed by atoms with E-state index >= 15 is 0 Å². The Labute approximate surface area is 117 Å². The number of amides is 1. The lowest BCUT2D eigenvalue weighted by molar-refractivity contribution is -0.121. The normalized spacial score (nSPS) is 23.1. The van der Waals surface area contributed by atoms with E-state index < -0.39 is 5.82 Å². The Kier molecular flexibility index (Phi) is 4.77. The van der Waals surface area contributed by atoms with Crippen LogP contribution >= 0.6 is 11.6 Å². The first kappa shape index (κ1) is 14.3. The molecule has 0 heterocycles. The summed E-state index contributed by atoms with van der Waals surface area (Å²) in [5.41, 5.74) is 5.81. The smallest absolute Gasteiger partial charge is 0.227 e. The Morgan fingerprint density at radius 2 is 2.05 bits per heavy atom. The monoisotopic (exact) mass is 284 g/mol. The van der Waals surface area contributed by atoms with Crippen molar-refractivity contribution in [2.45, 2.75) is 25.7 Å². The number of carbonyl (C=O) groups excluding carboxylic acids is 1. The average Bonchev–Trinajstić information content (AvgIpc) is 2.42. The Balaban J connectivity index is 1.94. The first-order chi connectivity index (χ1) is 9.10. The van der Waals surface area contributed by atoms with Gasteiger partial charge >= 0.3 is 0 Å². The van der Waals surface area contributed by atoms with Gasteiger partial charge in [-0.3, -0.25) is 4.79 Å². The van der Waals surface area contributed by atoms with Crippen molar-refractivity contribution in [1.29, 1.82) is 0 Å². The SMILES string of the molecule is NCC1CCC(C(=O)Nc2ccc(Cl)cc2F)CC1. The summed E-state index contributed by atoms with van der Waals surface area (Å²) in [4.78, 5) is 12.1. The number of nitrogens with two attached hydrogens (primary N) is 1. The zero-order chi connectivity index (χ0) is 13.8. The van der Waals surface area contributed by atoms with Crippen molar-refractivity contribution >= 4 is 23.2 Å². The summed E-state index contributed by atoms with van der Waals surface area (Å²) in [7, 11) is 0. The molecule has 0 spiro atoms. The lowest BCUT2D eigenvalue weighted by Crippen LogP contribution is -2.29. The van der Waals surface area contributed by atoms with E-state index in [0.717, 1.165) is 25.7 Å². The van der Waals surface area contributed by atoms with Crippen LogP contribution in [0, 0.1) is 17.7 Å². The lowest BCUT2D eigenvalue weighted by Gasteiger charge is -2.26. The summed E-state index contributed by atoms with van der Waals surface area (Å²) in [6, 6.07) is 4.25. The van der Waals surface area contributed by atoms with Crippen LogP contribution in [0.3, 0.4) is 0 Å². The largest absolute Gasteiger partial charge is 0.330 e. The molecule has 1 aromatic rings. The van der Waals surface area contributed by atoms with E-state index in [-0.39, 0.29) is 17.5 Å². The molecule has 0 atom stereocenters. The van der Waals surface area contributed by atoms with Crippen molar-refractivity contribution in [2.24, 2.45) is 17.6 Å². The molecule has 5 heteroatoms. The molecule has 1 amide bonds. The van der Waals surface area contributed by atoms with Gasteiger partial charge in [-0.15, -0.1) is 0 Å². The second-order valence-corrected chi connectivity index (χ2v) is 5.50. The Hall–Kier alpha value is -1.13. The van der Waals surface area contributed by atoms with E-state index in [1.807, 2.05) is 0 Å². The van der Waals surface area contributed by atoms with Gasteiger partial charge in [-0.05, 0) is 56.3 Å². The molecule has 104 valence electrons. The molecular weight excluding hydrogens is 267 g/mol. The van der Waals surface area contributed by atoms with Crippen LogP contribution in [-0.2, 0) is 4.79 Å². The maximum Gasteiger partial charge on any atom is 0.227 e. The van der Waals surface area contributed by atoms with Gasteiger partial charge in [-0.1, -0.05) is 11.6 Å². The van der Waals surface area contributed by atoms with Gasteiger partial charge in [0, 0.05) is 10.9 Å². The van der Waals surface area contributed by atoms with Crippen LogP contribution in [0.5, 0.6) is 0 Å². The van der Waals surface area contributed by atoms with Crippen LogP contribution < -0.4 is 11.1 Å². The van der Waals surface area contributed by atoms with Crippen molar-refractivity contribution in [3.05, 3.63) is 29.0 Å². The highest BCUT2D eigenvalue weighted by Gasteiger charge is 2.26. The van der Waals surface area contributed by atoms with E-state index in [4.69, 9.17) is 17.3 Å². The molecule has 19 heavy (non-hydrogen) atoms. The van der Waals surface area contributed by atoms with Gasteiger partial charge in [-0.2, -0.15) is 0 Å². The van der Waals surface area contributed by atoms with Crippen LogP contribution in [0.15, 0.2) is 18.2 Å². The number of carbonyl (C=O) groups is 1. The van der Waals surface area contributed by atoms with E-state index in [1.165, 1.54) is 12.1 Å². The molecular formula is C14H18ClFN2O. The number of nitrogens with one attached hydrogen (secondary N) is 1. The first-order valence-corrected chi connectivity index (χ1v) is 6.94. The molecule has 0 saturated heterocycles. The summed E-state index contributed by atoms with van der Waals surface area (Å²) in [5.74, 6) is -0.137. The number of halogens is 2. The van der Waals surface area contributed by atoms with Gasteiger partial charge in [0.15, 0.2) is 0 Å². The summed E-state index contributed by atoms with van der Waals surface area (Å²) in [6.45, 7) is 0.681. The third kappa shape index (κ3) is 3.67. The van der Waals surface area contributed by atoms with Crippen molar-refractivity contribution in [3.63, 3.8) is 0 Å². The molecule has 3 N–H and O–H groups in total. The molecule has 0 aromatic heterocycles. The molecule has 3 nitrogen and oxygen atoms in total. The molecule has 1 aromatic carbocycles. The minimum absolute atomic E-state index is 0.0436. The van der Waals surface area contributed by atoms with Crippen LogP contribution in [0.25, 0.3) is 0 Å². The molecule has 1 saturated carbocycles. The van der Waals surface area contributed by atoms with Crippen molar-refractivity contribution in [1.82, 2.24) is 0 Å². The van der Waals surface area contributed by atoms with Gasteiger partial charge in [0.2, 0.25) is 5.91 Å². The zero-order valence-electron chi connectivity index (χ0n) is 10.7. The quantitative estimate of drug-likeness (QED) is 0.896. The number of rotatable bonds is 3. The molecule has 1 aliphatic carbocycles. The maximum atomic E-state index is 13.6. The highest BCUT2D eigenvalue weighted by molar-refractivity contribution is 6.30. The van der Waals surface area contributed by atoms with E-state index in [2.05, 4.69) is 5.32 Å².